The average Bonchev–Trinajstić information content (AvgIpc) is 2.47. The van der Waals surface area contributed by atoms with Gasteiger partial charge in [-0.15, -0.1) is 0 Å². The summed E-state index contributed by atoms with van der Waals surface area (Å²) < 4.78 is 6.54. The molecule has 0 unspecified atom stereocenters. The van der Waals surface area contributed by atoms with Gasteiger partial charge in [-0.2, -0.15) is 0 Å². The number of aliphatic imine (C=N–C) groups is 1. The van der Waals surface area contributed by atoms with Crippen molar-refractivity contribution in [2.45, 2.75) is 6.42 Å². The van der Waals surface area contributed by atoms with Crippen LogP contribution >= 0.6 is 22.6 Å². The first-order chi connectivity index (χ1) is 9.28. The van der Waals surface area contributed by atoms with Gasteiger partial charge in [0.25, 0.3) is 0 Å². The van der Waals surface area contributed by atoms with Crippen molar-refractivity contribution in [1.29, 1.82) is 0 Å². The Morgan fingerprint density at radius 3 is 2.63 bits per heavy atom. The lowest BCUT2D eigenvalue weighted by Gasteiger charge is -2.18. The van der Waals surface area contributed by atoms with Crippen LogP contribution in [-0.2, 0) is 6.42 Å². The van der Waals surface area contributed by atoms with E-state index in [1.807, 2.05) is 6.07 Å². The molecule has 2 nitrogen and oxygen atoms in total. The van der Waals surface area contributed by atoms with Crippen LogP contribution in [-0.4, -0.2) is 19.4 Å². The number of rotatable bonds is 2. The van der Waals surface area contributed by atoms with Gasteiger partial charge in [0.15, 0.2) is 0 Å². The van der Waals surface area contributed by atoms with Gasteiger partial charge in [-0.3, -0.25) is 4.99 Å². The summed E-state index contributed by atoms with van der Waals surface area (Å²) in [6, 6.07) is 14.8. The van der Waals surface area contributed by atoms with E-state index in [4.69, 9.17) is 9.73 Å². The lowest BCUT2D eigenvalue weighted by atomic mass is 9.93. The number of ether oxygens (including phenoxy) is 1. The highest BCUT2D eigenvalue weighted by molar-refractivity contribution is 14.1. The molecule has 0 saturated heterocycles. The molecule has 1 aliphatic heterocycles. The molecule has 0 bridgehead atoms. The Morgan fingerprint density at radius 1 is 1.11 bits per heavy atom. The number of hydrogen-bond donors (Lipinski definition) is 0. The SMILES string of the molecule is COc1ccc2c(c1)CCN=C2c1ccc(I)cc1. The van der Waals surface area contributed by atoms with Crippen molar-refractivity contribution in [3.63, 3.8) is 0 Å². The second-order valence-corrected chi connectivity index (χ2v) is 5.76. The highest BCUT2D eigenvalue weighted by Gasteiger charge is 2.16. The number of halogens is 1. The lowest BCUT2D eigenvalue weighted by Crippen LogP contribution is -2.14. The summed E-state index contributed by atoms with van der Waals surface area (Å²) in [6.07, 6.45) is 0.987. The fraction of sp³-hybridized carbons (Fsp3) is 0.188. The summed E-state index contributed by atoms with van der Waals surface area (Å²) in [5.74, 6) is 0.919. The Morgan fingerprint density at radius 2 is 1.89 bits per heavy atom. The van der Waals surface area contributed by atoms with E-state index < -0.39 is 0 Å². The monoisotopic (exact) mass is 363 g/mol. The summed E-state index contributed by atoms with van der Waals surface area (Å²) in [6.45, 7) is 0.849. The second kappa shape index (κ2) is 5.33. The van der Waals surface area contributed by atoms with E-state index in [-0.39, 0.29) is 0 Å². The molecular weight excluding hydrogens is 349 g/mol. The predicted octanol–water partition coefficient (Wildman–Crippen LogP) is 3.69. The maximum Gasteiger partial charge on any atom is 0.119 e. The van der Waals surface area contributed by atoms with Crippen LogP contribution in [0, 0.1) is 3.57 Å². The van der Waals surface area contributed by atoms with Crippen LogP contribution in [0.5, 0.6) is 5.75 Å². The predicted molar refractivity (Wildman–Crippen MR) is 86.4 cm³/mol. The van der Waals surface area contributed by atoms with Gasteiger partial charge in [-0.05, 0) is 64.9 Å². The molecule has 3 heteroatoms. The molecular formula is C16H14INO. The minimum Gasteiger partial charge on any atom is -0.497 e. The van der Waals surface area contributed by atoms with Crippen molar-refractivity contribution in [2.24, 2.45) is 4.99 Å². The van der Waals surface area contributed by atoms with Crippen molar-refractivity contribution in [3.05, 3.63) is 62.7 Å². The maximum absolute atomic E-state index is 5.30. The van der Waals surface area contributed by atoms with Crippen LogP contribution in [0.15, 0.2) is 47.5 Å². The third-order valence-electron chi connectivity index (χ3n) is 3.34. The Bertz CT molecular complexity index is 632. The summed E-state index contributed by atoms with van der Waals surface area (Å²) in [5.41, 5.74) is 4.84. The fourth-order valence-corrected chi connectivity index (χ4v) is 2.72. The van der Waals surface area contributed by atoms with E-state index in [0.29, 0.717) is 0 Å². The minimum absolute atomic E-state index is 0.849. The average molecular weight is 363 g/mol. The van der Waals surface area contributed by atoms with E-state index in [1.165, 1.54) is 20.3 Å². The van der Waals surface area contributed by atoms with Gasteiger partial charge in [0.2, 0.25) is 0 Å². The van der Waals surface area contributed by atoms with Gasteiger partial charge in [0, 0.05) is 21.2 Å². The molecule has 1 heterocycles. The van der Waals surface area contributed by atoms with Crippen molar-refractivity contribution in [3.8, 4) is 5.75 Å². The summed E-state index contributed by atoms with van der Waals surface area (Å²) >= 11 is 2.32. The molecule has 0 saturated carbocycles. The van der Waals surface area contributed by atoms with E-state index in [1.54, 1.807) is 7.11 Å². The van der Waals surface area contributed by atoms with Crippen molar-refractivity contribution < 1.29 is 4.74 Å². The smallest absolute Gasteiger partial charge is 0.119 e. The Hall–Kier alpha value is -1.36. The molecule has 2 aromatic rings. The van der Waals surface area contributed by atoms with E-state index in [9.17, 15) is 0 Å². The second-order valence-electron chi connectivity index (χ2n) is 4.51. The molecule has 96 valence electrons. The van der Waals surface area contributed by atoms with Crippen LogP contribution in [0.3, 0.4) is 0 Å². The van der Waals surface area contributed by atoms with Crippen LogP contribution < -0.4 is 4.74 Å². The van der Waals surface area contributed by atoms with Gasteiger partial charge in [-0.1, -0.05) is 12.1 Å². The summed E-state index contributed by atoms with van der Waals surface area (Å²) in [5, 5.41) is 0. The summed E-state index contributed by atoms with van der Waals surface area (Å²) in [4.78, 5) is 4.70. The standard InChI is InChI=1S/C16H14INO/c1-19-14-6-7-15-12(10-14)8-9-18-16(15)11-2-4-13(17)5-3-11/h2-7,10H,8-9H2,1H3. The van der Waals surface area contributed by atoms with Crippen molar-refractivity contribution in [2.75, 3.05) is 13.7 Å². The minimum atomic E-state index is 0.849. The molecule has 2 aromatic carbocycles. The Balaban J connectivity index is 2.05. The van der Waals surface area contributed by atoms with Gasteiger partial charge >= 0.3 is 0 Å². The largest absolute Gasteiger partial charge is 0.497 e. The summed E-state index contributed by atoms with van der Waals surface area (Å²) in [7, 11) is 1.71. The molecule has 0 atom stereocenters. The molecule has 0 amide bonds. The molecule has 19 heavy (non-hydrogen) atoms. The quantitative estimate of drug-likeness (QED) is 0.746. The molecule has 0 aliphatic carbocycles. The highest BCUT2D eigenvalue weighted by atomic mass is 127. The van der Waals surface area contributed by atoms with Crippen molar-refractivity contribution in [1.82, 2.24) is 0 Å². The third-order valence-corrected chi connectivity index (χ3v) is 4.06. The third kappa shape index (κ3) is 2.52. The van der Waals surface area contributed by atoms with Crippen molar-refractivity contribution >= 4 is 28.3 Å². The molecule has 0 aromatic heterocycles. The molecule has 0 fully saturated rings. The van der Waals surface area contributed by atoms with Crippen LogP contribution in [0.1, 0.15) is 16.7 Å². The van der Waals surface area contributed by atoms with Gasteiger partial charge in [0.05, 0.1) is 12.8 Å². The molecule has 1 aliphatic rings. The molecule has 3 rings (SSSR count). The number of benzene rings is 2. The number of nitrogens with zero attached hydrogens (tertiary/aromatic N) is 1. The van der Waals surface area contributed by atoms with Gasteiger partial charge < -0.3 is 4.74 Å². The Labute approximate surface area is 126 Å². The maximum atomic E-state index is 5.30. The van der Waals surface area contributed by atoms with Gasteiger partial charge in [0.1, 0.15) is 5.75 Å². The van der Waals surface area contributed by atoms with Gasteiger partial charge in [-0.25, -0.2) is 0 Å². The number of fused-ring (bicyclic) bond motifs is 1. The zero-order chi connectivity index (χ0) is 13.2. The molecule has 0 radical (unpaired) electrons. The fourth-order valence-electron chi connectivity index (χ4n) is 2.36. The molecule has 0 spiro atoms. The lowest BCUT2D eigenvalue weighted by molar-refractivity contribution is 0.414. The topological polar surface area (TPSA) is 21.6 Å². The van der Waals surface area contributed by atoms with E-state index in [2.05, 4.69) is 59.0 Å². The van der Waals surface area contributed by atoms with Crippen LogP contribution in [0.2, 0.25) is 0 Å². The van der Waals surface area contributed by atoms with Crippen LogP contribution in [0.25, 0.3) is 0 Å². The highest BCUT2D eigenvalue weighted by Crippen LogP contribution is 2.25. The molecule has 0 N–H and O–H groups in total. The Kier molecular flexibility index (Phi) is 3.55. The first-order valence-corrected chi connectivity index (χ1v) is 7.33. The van der Waals surface area contributed by atoms with Crippen LogP contribution in [0.4, 0.5) is 0 Å². The number of hydrogen-bond acceptors (Lipinski definition) is 2. The van der Waals surface area contributed by atoms with E-state index >= 15 is 0 Å². The normalized spacial score (nSPS) is 13.7. The number of methoxy groups -OCH3 is 1. The van der Waals surface area contributed by atoms with E-state index in [0.717, 1.165) is 24.4 Å². The first kappa shape index (κ1) is 12.7. The first-order valence-electron chi connectivity index (χ1n) is 6.25. The zero-order valence-electron chi connectivity index (χ0n) is 10.7. The zero-order valence-corrected chi connectivity index (χ0v) is 12.8.